The lowest BCUT2D eigenvalue weighted by molar-refractivity contribution is 0.414. The molecule has 15 heavy (non-hydrogen) atoms. The number of benzene rings is 1. The van der Waals surface area contributed by atoms with Crippen molar-refractivity contribution in [3.8, 4) is 11.8 Å². The van der Waals surface area contributed by atoms with Crippen LogP contribution in [0.4, 0.5) is 0 Å². The third-order valence-electron chi connectivity index (χ3n) is 2.01. The van der Waals surface area contributed by atoms with Gasteiger partial charge in [0.1, 0.15) is 5.75 Å². The van der Waals surface area contributed by atoms with Gasteiger partial charge in [-0.1, -0.05) is 12.2 Å². The van der Waals surface area contributed by atoms with Gasteiger partial charge in [-0.25, -0.2) is 0 Å². The minimum Gasteiger partial charge on any atom is -0.497 e. The molecule has 3 heteroatoms. The second-order valence-corrected chi connectivity index (χ2v) is 3.04. The average Bonchev–Trinajstić information content (AvgIpc) is 2.29. The summed E-state index contributed by atoms with van der Waals surface area (Å²) in [6, 6.07) is 7.50. The number of hydrogen-bond acceptors (Lipinski definition) is 3. The number of hydrogen-bond donors (Lipinski definition) is 1. The molecular formula is C12H14N2O. The molecule has 1 aromatic carbocycles. The normalized spacial score (nSPS) is 10.2. The summed E-state index contributed by atoms with van der Waals surface area (Å²) in [5, 5.41) is 8.89. The molecular weight excluding hydrogens is 188 g/mol. The first-order valence-electron chi connectivity index (χ1n) is 4.76. The average molecular weight is 202 g/mol. The molecule has 0 aliphatic rings. The van der Waals surface area contributed by atoms with Crippen molar-refractivity contribution in [2.75, 3.05) is 13.7 Å². The van der Waals surface area contributed by atoms with Crippen molar-refractivity contribution in [3.05, 3.63) is 35.4 Å². The molecule has 0 atom stereocenters. The summed E-state index contributed by atoms with van der Waals surface area (Å²) in [6.45, 7) is 0.613. The summed E-state index contributed by atoms with van der Waals surface area (Å²) >= 11 is 0. The van der Waals surface area contributed by atoms with Crippen LogP contribution in [0.3, 0.4) is 0 Å². The molecule has 0 unspecified atom stereocenters. The van der Waals surface area contributed by atoms with E-state index in [0.717, 1.165) is 17.7 Å². The maximum absolute atomic E-state index is 8.89. The summed E-state index contributed by atoms with van der Waals surface area (Å²) in [4.78, 5) is 0. The Labute approximate surface area is 89.8 Å². The summed E-state index contributed by atoms with van der Waals surface area (Å²) in [6.07, 6.45) is 4.66. The number of nitriles is 1. The van der Waals surface area contributed by atoms with E-state index in [1.165, 1.54) is 0 Å². The maximum atomic E-state index is 8.89. The third-order valence-corrected chi connectivity index (χ3v) is 2.01. The van der Waals surface area contributed by atoms with Gasteiger partial charge in [0.25, 0.3) is 0 Å². The fraction of sp³-hybridized carbons (Fsp3) is 0.250. The molecule has 1 rings (SSSR count). The Hall–Kier alpha value is -1.79. The lowest BCUT2D eigenvalue weighted by atomic mass is 10.1. The van der Waals surface area contributed by atoms with Crippen LogP contribution in [-0.4, -0.2) is 13.7 Å². The van der Waals surface area contributed by atoms with E-state index >= 15 is 0 Å². The second-order valence-electron chi connectivity index (χ2n) is 3.04. The van der Waals surface area contributed by atoms with Gasteiger partial charge in [0.05, 0.1) is 18.7 Å². The van der Waals surface area contributed by atoms with Gasteiger partial charge in [-0.15, -0.1) is 0 Å². The van der Waals surface area contributed by atoms with Crippen molar-refractivity contribution in [1.29, 1.82) is 5.26 Å². The van der Waals surface area contributed by atoms with Crippen LogP contribution >= 0.6 is 0 Å². The van der Waals surface area contributed by atoms with Gasteiger partial charge in [0.15, 0.2) is 0 Å². The number of rotatable bonds is 4. The van der Waals surface area contributed by atoms with E-state index in [1.807, 2.05) is 18.2 Å². The van der Waals surface area contributed by atoms with E-state index in [4.69, 9.17) is 15.7 Å². The first-order chi connectivity index (χ1) is 7.31. The lowest BCUT2D eigenvalue weighted by Gasteiger charge is -2.02. The first-order valence-corrected chi connectivity index (χ1v) is 4.76. The van der Waals surface area contributed by atoms with E-state index in [2.05, 4.69) is 6.07 Å². The molecule has 0 amide bonds. The third kappa shape index (κ3) is 3.12. The predicted molar refractivity (Wildman–Crippen MR) is 60.4 cm³/mol. The highest BCUT2D eigenvalue weighted by Gasteiger charge is 2.00. The number of nitrogens with zero attached hydrogens (tertiary/aromatic N) is 1. The van der Waals surface area contributed by atoms with Crippen LogP contribution in [0, 0.1) is 11.3 Å². The minimum atomic E-state index is 0.613. The SMILES string of the molecule is COc1ccc(C#N)c(C=CCCN)c1. The molecule has 0 aromatic heterocycles. The Bertz CT molecular complexity index is 391. The van der Waals surface area contributed by atoms with Crippen LogP contribution in [0.2, 0.25) is 0 Å². The summed E-state index contributed by atoms with van der Waals surface area (Å²) in [5.41, 5.74) is 6.89. The molecule has 3 nitrogen and oxygen atoms in total. The zero-order valence-corrected chi connectivity index (χ0v) is 8.73. The van der Waals surface area contributed by atoms with Crippen molar-refractivity contribution in [1.82, 2.24) is 0 Å². The van der Waals surface area contributed by atoms with Gasteiger partial charge in [-0.05, 0) is 36.7 Å². The smallest absolute Gasteiger partial charge is 0.119 e. The molecule has 0 radical (unpaired) electrons. The largest absolute Gasteiger partial charge is 0.497 e. The molecule has 0 saturated heterocycles. The van der Waals surface area contributed by atoms with E-state index in [1.54, 1.807) is 19.2 Å². The standard InChI is InChI=1S/C12H14N2O/c1-15-12-6-5-11(9-14)10(8-12)4-2-3-7-13/h2,4-6,8H,3,7,13H2,1H3. The van der Waals surface area contributed by atoms with Gasteiger partial charge in [-0.3, -0.25) is 0 Å². The second kappa shape index (κ2) is 5.84. The van der Waals surface area contributed by atoms with Gasteiger partial charge in [0, 0.05) is 0 Å². The van der Waals surface area contributed by atoms with Crippen LogP contribution in [0.5, 0.6) is 5.75 Å². The van der Waals surface area contributed by atoms with Gasteiger partial charge >= 0.3 is 0 Å². The van der Waals surface area contributed by atoms with E-state index in [9.17, 15) is 0 Å². The van der Waals surface area contributed by atoms with Crippen LogP contribution in [-0.2, 0) is 0 Å². The van der Waals surface area contributed by atoms with Crippen molar-refractivity contribution >= 4 is 6.08 Å². The molecule has 0 aliphatic carbocycles. The lowest BCUT2D eigenvalue weighted by Crippen LogP contribution is -1.95. The fourth-order valence-electron chi connectivity index (χ4n) is 1.21. The Morgan fingerprint density at radius 1 is 1.53 bits per heavy atom. The zero-order valence-electron chi connectivity index (χ0n) is 8.73. The monoisotopic (exact) mass is 202 g/mol. The molecule has 0 spiro atoms. The Balaban J connectivity index is 2.97. The van der Waals surface area contributed by atoms with Crippen LogP contribution < -0.4 is 10.5 Å². The van der Waals surface area contributed by atoms with Crippen LogP contribution in [0.1, 0.15) is 17.5 Å². The van der Waals surface area contributed by atoms with E-state index < -0.39 is 0 Å². The van der Waals surface area contributed by atoms with E-state index in [0.29, 0.717) is 12.1 Å². The summed E-state index contributed by atoms with van der Waals surface area (Å²) < 4.78 is 5.09. The van der Waals surface area contributed by atoms with Crippen molar-refractivity contribution in [2.45, 2.75) is 6.42 Å². The van der Waals surface area contributed by atoms with E-state index in [-0.39, 0.29) is 0 Å². The molecule has 0 saturated carbocycles. The van der Waals surface area contributed by atoms with Crippen LogP contribution in [0.15, 0.2) is 24.3 Å². The quantitative estimate of drug-likeness (QED) is 0.811. The molecule has 0 fully saturated rings. The van der Waals surface area contributed by atoms with Crippen LogP contribution in [0.25, 0.3) is 6.08 Å². The highest BCUT2D eigenvalue weighted by atomic mass is 16.5. The highest BCUT2D eigenvalue weighted by molar-refractivity contribution is 5.60. The number of ether oxygens (including phenoxy) is 1. The molecule has 1 aromatic rings. The Morgan fingerprint density at radius 3 is 2.93 bits per heavy atom. The molecule has 78 valence electrons. The Morgan fingerprint density at radius 2 is 2.33 bits per heavy atom. The number of nitrogens with two attached hydrogens (primary N) is 1. The Kier molecular flexibility index (Phi) is 4.39. The predicted octanol–water partition coefficient (Wildman–Crippen LogP) is 1.93. The molecule has 0 heterocycles. The van der Waals surface area contributed by atoms with Crippen molar-refractivity contribution in [2.24, 2.45) is 5.73 Å². The molecule has 2 N–H and O–H groups in total. The molecule has 0 bridgehead atoms. The minimum absolute atomic E-state index is 0.613. The number of methoxy groups -OCH3 is 1. The fourth-order valence-corrected chi connectivity index (χ4v) is 1.21. The molecule has 0 aliphatic heterocycles. The highest BCUT2D eigenvalue weighted by Crippen LogP contribution is 2.18. The maximum Gasteiger partial charge on any atom is 0.119 e. The summed E-state index contributed by atoms with van der Waals surface area (Å²) in [7, 11) is 1.61. The summed E-state index contributed by atoms with van der Waals surface area (Å²) in [5.74, 6) is 0.751. The zero-order chi connectivity index (χ0) is 11.1. The van der Waals surface area contributed by atoms with Gasteiger partial charge in [0.2, 0.25) is 0 Å². The topological polar surface area (TPSA) is 59.0 Å². The first kappa shape index (κ1) is 11.3. The van der Waals surface area contributed by atoms with Gasteiger partial charge in [-0.2, -0.15) is 5.26 Å². The van der Waals surface area contributed by atoms with Gasteiger partial charge < -0.3 is 10.5 Å². The van der Waals surface area contributed by atoms with Crippen molar-refractivity contribution < 1.29 is 4.74 Å². The van der Waals surface area contributed by atoms with Crippen molar-refractivity contribution in [3.63, 3.8) is 0 Å².